The van der Waals surface area contributed by atoms with E-state index in [1.165, 1.54) is 0 Å². The molecule has 0 aliphatic carbocycles. The van der Waals surface area contributed by atoms with E-state index in [-0.39, 0.29) is 5.91 Å². The van der Waals surface area contributed by atoms with Crippen LogP contribution >= 0.6 is 0 Å². The van der Waals surface area contributed by atoms with Crippen LogP contribution in [0.4, 0.5) is 0 Å². The SMILES string of the molecule is COc1cc(/C=C/C(=O)N2CCOCC2)ccc1OCCC(C)C. The Hall–Kier alpha value is -2.01. The summed E-state index contributed by atoms with van der Waals surface area (Å²) >= 11 is 0. The molecule has 0 bridgehead atoms. The molecule has 1 fully saturated rings. The molecule has 24 heavy (non-hydrogen) atoms. The molecule has 0 atom stereocenters. The predicted octanol–water partition coefficient (Wildman–Crippen LogP) is 2.99. The molecule has 1 aromatic carbocycles. The van der Waals surface area contributed by atoms with Gasteiger partial charge in [0.25, 0.3) is 0 Å². The van der Waals surface area contributed by atoms with E-state index in [9.17, 15) is 4.79 Å². The summed E-state index contributed by atoms with van der Waals surface area (Å²) in [4.78, 5) is 13.9. The minimum atomic E-state index is 0.00882. The third-order valence-corrected chi connectivity index (χ3v) is 3.88. The second kappa shape index (κ2) is 9.33. The van der Waals surface area contributed by atoms with Gasteiger partial charge in [-0.3, -0.25) is 4.79 Å². The highest BCUT2D eigenvalue weighted by molar-refractivity contribution is 5.91. The molecule has 5 heteroatoms. The molecule has 0 saturated carbocycles. The Balaban J connectivity index is 1.97. The number of rotatable bonds is 7. The lowest BCUT2D eigenvalue weighted by Crippen LogP contribution is -2.39. The van der Waals surface area contributed by atoms with Crippen molar-refractivity contribution in [2.75, 3.05) is 40.0 Å². The van der Waals surface area contributed by atoms with E-state index in [2.05, 4.69) is 13.8 Å². The van der Waals surface area contributed by atoms with Gasteiger partial charge in [-0.25, -0.2) is 0 Å². The van der Waals surface area contributed by atoms with E-state index in [1.807, 2.05) is 18.2 Å². The number of nitrogens with zero attached hydrogens (tertiary/aromatic N) is 1. The van der Waals surface area contributed by atoms with E-state index < -0.39 is 0 Å². The molecule has 1 saturated heterocycles. The molecule has 0 aromatic heterocycles. The van der Waals surface area contributed by atoms with Crippen molar-refractivity contribution in [1.82, 2.24) is 4.90 Å². The second-order valence-electron chi connectivity index (χ2n) is 6.21. The van der Waals surface area contributed by atoms with Crippen LogP contribution in [0, 0.1) is 5.92 Å². The summed E-state index contributed by atoms with van der Waals surface area (Å²) in [5.74, 6) is 2.02. The average molecular weight is 333 g/mol. The van der Waals surface area contributed by atoms with Crippen LogP contribution in [0.2, 0.25) is 0 Å². The van der Waals surface area contributed by atoms with Gasteiger partial charge >= 0.3 is 0 Å². The standard InChI is InChI=1S/C19H27NO4/c1-15(2)8-11-24-17-6-4-16(14-18(17)22-3)5-7-19(21)20-9-12-23-13-10-20/h4-7,14-15H,8-13H2,1-3H3/b7-5+. The number of methoxy groups -OCH3 is 1. The van der Waals surface area contributed by atoms with Gasteiger partial charge in [-0.1, -0.05) is 19.9 Å². The Labute approximate surface area is 144 Å². The Morgan fingerprint density at radius 3 is 2.71 bits per heavy atom. The highest BCUT2D eigenvalue weighted by Crippen LogP contribution is 2.29. The molecule has 1 heterocycles. The molecule has 5 nitrogen and oxygen atoms in total. The van der Waals surface area contributed by atoms with Crippen LogP contribution in [-0.4, -0.2) is 50.8 Å². The first kappa shape index (κ1) is 18.3. The molecule has 1 aliphatic heterocycles. The fourth-order valence-electron chi connectivity index (χ4n) is 2.37. The summed E-state index contributed by atoms with van der Waals surface area (Å²) in [6.07, 6.45) is 4.40. The molecule has 0 N–H and O–H groups in total. The maximum atomic E-state index is 12.1. The van der Waals surface area contributed by atoms with Gasteiger partial charge in [-0.05, 0) is 36.1 Å². The third-order valence-electron chi connectivity index (χ3n) is 3.88. The molecule has 0 radical (unpaired) electrons. The molecular formula is C19H27NO4. The number of benzene rings is 1. The maximum absolute atomic E-state index is 12.1. The van der Waals surface area contributed by atoms with Crippen LogP contribution in [0.25, 0.3) is 6.08 Å². The molecule has 0 spiro atoms. The van der Waals surface area contributed by atoms with Gasteiger partial charge in [0.05, 0.1) is 26.9 Å². The Morgan fingerprint density at radius 1 is 1.29 bits per heavy atom. The van der Waals surface area contributed by atoms with Gasteiger partial charge in [0.2, 0.25) is 5.91 Å². The second-order valence-corrected chi connectivity index (χ2v) is 6.21. The molecule has 2 rings (SSSR count). The summed E-state index contributed by atoms with van der Waals surface area (Å²) in [5.41, 5.74) is 0.907. The summed E-state index contributed by atoms with van der Waals surface area (Å²) in [5, 5.41) is 0. The molecule has 1 amide bonds. The van der Waals surface area contributed by atoms with Gasteiger partial charge in [0, 0.05) is 19.2 Å². The van der Waals surface area contributed by atoms with E-state index in [0.717, 1.165) is 17.7 Å². The first-order valence-electron chi connectivity index (χ1n) is 8.45. The maximum Gasteiger partial charge on any atom is 0.246 e. The zero-order chi connectivity index (χ0) is 17.4. The normalized spacial score (nSPS) is 15.1. The minimum Gasteiger partial charge on any atom is -0.493 e. The topological polar surface area (TPSA) is 48.0 Å². The monoisotopic (exact) mass is 333 g/mol. The predicted molar refractivity (Wildman–Crippen MR) is 94.4 cm³/mol. The number of morpholine rings is 1. The minimum absolute atomic E-state index is 0.00882. The Bertz CT molecular complexity index is 562. The first-order chi connectivity index (χ1) is 11.6. The van der Waals surface area contributed by atoms with Crippen molar-refractivity contribution in [2.24, 2.45) is 5.92 Å². The summed E-state index contributed by atoms with van der Waals surface area (Å²) in [6.45, 7) is 7.51. The lowest BCUT2D eigenvalue weighted by molar-refractivity contribution is -0.129. The molecule has 0 unspecified atom stereocenters. The summed E-state index contributed by atoms with van der Waals surface area (Å²) < 4.78 is 16.4. The number of amides is 1. The van der Waals surface area contributed by atoms with Crippen molar-refractivity contribution in [3.8, 4) is 11.5 Å². The van der Waals surface area contributed by atoms with Gasteiger partial charge in [-0.15, -0.1) is 0 Å². The van der Waals surface area contributed by atoms with E-state index in [4.69, 9.17) is 14.2 Å². The van der Waals surface area contributed by atoms with Gasteiger partial charge in [-0.2, -0.15) is 0 Å². The van der Waals surface area contributed by atoms with Crippen LogP contribution in [-0.2, 0) is 9.53 Å². The highest BCUT2D eigenvalue weighted by Gasteiger charge is 2.14. The fourth-order valence-corrected chi connectivity index (χ4v) is 2.37. The smallest absolute Gasteiger partial charge is 0.246 e. The van der Waals surface area contributed by atoms with E-state index in [1.54, 1.807) is 24.2 Å². The molecule has 132 valence electrons. The zero-order valence-corrected chi connectivity index (χ0v) is 14.8. The highest BCUT2D eigenvalue weighted by atomic mass is 16.5. The van der Waals surface area contributed by atoms with Crippen LogP contribution in [0.3, 0.4) is 0 Å². The summed E-state index contributed by atoms with van der Waals surface area (Å²) in [7, 11) is 1.62. The molecular weight excluding hydrogens is 306 g/mol. The van der Waals surface area contributed by atoms with Crippen molar-refractivity contribution >= 4 is 12.0 Å². The van der Waals surface area contributed by atoms with Crippen LogP contribution < -0.4 is 9.47 Å². The van der Waals surface area contributed by atoms with Crippen molar-refractivity contribution < 1.29 is 19.0 Å². The summed E-state index contributed by atoms with van der Waals surface area (Å²) in [6, 6.07) is 5.70. The fraction of sp³-hybridized carbons (Fsp3) is 0.526. The lowest BCUT2D eigenvalue weighted by atomic mass is 10.1. The Morgan fingerprint density at radius 2 is 2.04 bits per heavy atom. The van der Waals surface area contributed by atoms with Crippen LogP contribution in [0.1, 0.15) is 25.8 Å². The number of ether oxygens (including phenoxy) is 3. The molecule has 1 aromatic rings. The number of carbonyl (C=O) groups is 1. The van der Waals surface area contributed by atoms with E-state index >= 15 is 0 Å². The van der Waals surface area contributed by atoms with Gasteiger partial charge < -0.3 is 19.1 Å². The molecule has 1 aliphatic rings. The van der Waals surface area contributed by atoms with Crippen molar-refractivity contribution in [1.29, 1.82) is 0 Å². The van der Waals surface area contributed by atoms with Gasteiger partial charge in [0.15, 0.2) is 11.5 Å². The largest absolute Gasteiger partial charge is 0.493 e. The quantitative estimate of drug-likeness (QED) is 0.720. The van der Waals surface area contributed by atoms with Crippen molar-refractivity contribution in [2.45, 2.75) is 20.3 Å². The van der Waals surface area contributed by atoms with Gasteiger partial charge in [0.1, 0.15) is 0 Å². The number of hydrogen-bond acceptors (Lipinski definition) is 4. The Kier molecular flexibility index (Phi) is 7.12. The number of carbonyl (C=O) groups excluding carboxylic acids is 1. The lowest BCUT2D eigenvalue weighted by Gasteiger charge is -2.25. The third kappa shape index (κ3) is 5.57. The number of hydrogen-bond donors (Lipinski definition) is 0. The zero-order valence-electron chi connectivity index (χ0n) is 14.8. The first-order valence-corrected chi connectivity index (χ1v) is 8.45. The van der Waals surface area contributed by atoms with Crippen LogP contribution in [0.5, 0.6) is 11.5 Å². The van der Waals surface area contributed by atoms with Crippen molar-refractivity contribution in [3.63, 3.8) is 0 Å². The van der Waals surface area contributed by atoms with Crippen molar-refractivity contribution in [3.05, 3.63) is 29.8 Å². The van der Waals surface area contributed by atoms with Crippen LogP contribution in [0.15, 0.2) is 24.3 Å². The average Bonchev–Trinajstić information content (AvgIpc) is 2.60. The van der Waals surface area contributed by atoms with E-state index in [0.29, 0.717) is 44.6 Å².